The zero-order chi connectivity index (χ0) is 22.4. The van der Waals surface area contributed by atoms with Crippen LogP contribution in [0.4, 0.5) is 20.3 Å². The highest BCUT2D eigenvalue weighted by atomic mass is 79.9. The molecule has 172 valence electrons. The molecule has 6 nitrogen and oxygen atoms in total. The molecule has 3 aliphatic heterocycles. The number of hydrogen-bond donors (Lipinski definition) is 0. The van der Waals surface area contributed by atoms with Gasteiger partial charge < -0.3 is 14.5 Å². The number of amides is 1. The summed E-state index contributed by atoms with van der Waals surface area (Å²) < 4.78 is 35.3. The first-order valence-electron chi connectivity index (χ1n) is 11.2. The van der Waals surface area contributed by atoms with Gasteiger partial charge in [-0.05, 0) is 42.5 Å². The van der Waals surface area contributed by atoms with Crippen molar-refractivity contribution in [1.82, 2.24) is 14.7 Å². The minimum Gasteiger partial charge on any atom is -0.379 e. The maximum atomic E-state index is 13.3. The van der Waals surface area contributed by atoms with Crippen molar-refractivity contribution in [3.63, 3.8) is 0 Å². The molecular weight excluding hydrogens is 482 g/mol. The van der Waals surface area contributed by atoms with Crippen molar-refractivity contribution in [1.29, 1.82) is 0 Å². The first-order valence-corrected chi connectivity index (χ1v) is 12.0. The number of carbonyl (C=O) groups excluding carboxylic acids is 1. The topological polar surface area (TPSA) is 50.6 Å². The van der Waals surface area contributed by atoms with Gasteiger partial charge in [0.05, 0.1) is 19.2 Å². The fourth-order valence-corrected chi connectivity index (χ4v) is 5.66. The summed E-state index contributed by atoms with van der Waals surface area (Å²) in [5, 5.41) is 5.05. The van der Waals surface area contributed by atoms with Crippen LogP contribution >= 0.6 is 15.9 Å². The average molecular weight is 509 g/mol. The van der Waals surface area contributed by atoms with Crippen LogP contribution in [0.3, 0.4) is 0 Å². The molecule has 0 N–H and O–H groups in total. The van der Waals surface area contributed by atoms with Crippen molar-refractivity contribution in [2.45, 2.75) is 51.6 Å². The molecular formula is C23H27BrF2N4O2. The minimum atomic E-state index is -2.34. The van der Waals surface area contributed by atoms with E-state index in [1.165, 1.54) is 0 Å². The summed E-state index contributed by atoms with van der Waals surface area (Å²) in [6.07, 6.45) is -0.219. The standard InChI is InChI=1S/C23H27BrF2N4O2/c1-14(31)28-6-4-21-19(12-28)23(27-30(21)18-5-7-32-13-18)29-11-15(9-22(25)26)8-16-10-17(24)2-3-20(16)29/h2-3,10,15,18,22H,4-9,11-13H2,1H3/t15?,18-/m0/s1. The maximum absolute atomic E-state index is 13.3. The molecule has 1 saturated heterocycles. The highest BCUT2D eigenvalue weighted by molar-refractivity contribution is 9.10. The molecule has 0 radical (unpaired) electrons. The summed E-state index contributed by atoms with van der Waals surface area (Å²) in [6, 6.07) is 6.21. The summed E-state index contributed by atoms with van der Waals surface area (Å²) >= 11 is 3.53. The predicted molar refractivity (Wildman–Crippen MR) is 120 cm³/mol. The second-order valence-electron chi connectivity index (χ2n) is 8.98. The van der Waals surface area contributed by atoms with Gasteiger partial charge in [0.25, 0.3) is 0 Å². The van der Waals surface area contributed by atoms with E-state index in [0.29, 0.717) is 39.3 Å². The highest BCUT2D eigenvalue weighted by Gasteiger charge is 2.35. The van der Waals surface area contributed by atoms with E-state index in [4.69, 9.17) is 9.84 Å². The Hall–Kier alpha value is -2.00. The van der Waals surface area contributed by atoms with Crippen LogP contribution in [0.15, 0.2) is 22.7 Å². The van der Waals surface area contributed by atoms with Gasteiger partial charge in [-0.15, -0.1) is 0 Å². The van der Waals surface area contributed by atoms with Gasteiger partial charge in [0, 0.05) is 60.9 Å². The number of ether oxygens (including phenoxy) is 1. The van der Waals surface area contributed by atoms with Crippen molar-refractivity contribution >= 4 is 33.3 Å². The Bertz CT molecular complexity index is 1020. The number of alkyl halides is 2. The third-order valence-electron chi connectivity index (χ3n) is 6.81. The molecule has 1 fully saturated rings. The molecule has 1 aromatic heterocycles. The minimum absolute atomic E-state index is 0.0390. The van der Waals surface area contributed by atoms with Crippen LogP contribution in [-0.2, 0) is 28.9 Å². The molecule has 32 heavy (non-hydrogen) atoms. The Labute approximate surface area is 194 Å². The number of aromatic nitrogens is 2. The summed E-state index contributed by atoms with van der Waals surface area (Å²) in [7, 11) is 0. The Balaban J connectivity index is 1.60. The lowest BCUT2D eigenvalue weighted by molar-refractivity contribution is -0.129. The normalized spacial score (nSPS) is 22.9. The van der Waals surface area contributed by atoms with Crippen molar-refractivity contribution in [3.05, 3.63) is 39.5 Å². The number of fused-ring (bicyclic) bond motifs is 2. The number of benzene rings is 1. The van der Waals surface area contributed by atoms with Crippen LogP contribution in [0.5, 0.6) is 0 Å². The fourth-order valence-electron chi connectivity index (χ4n) is 5.25. The smallest absolute Gasteiger partial charge is 0.239 e. The van der Waals surface area contributed by atoms with Crippen molar-refractivity contribution < 1.29 is 18.3 Å². The van der Waals surface area contributed by atoms with Gasteiger partial charge in [0.1, 0.15) is 0 Å². The predicted octanol–water partition coefficient (Wildman–Crippen LogP) is 4.48. The largest absolute Gasteiger partial charge is 0.379 e. The summed E-state index contributed by atoms with van der Waals surface area (Å²) in [5.41, 5.74) is 4.23. The van der Waals surface area contributed by atoms with Gasteiger partial charge >= 0.3 is 0 Å². The molecule has 3 aliphatic rings. The molecule has 1 unspecified atom stereocenters. The zero-order valence-electron chi connectivity index (χ0n) is 18.1. The second-order valence-corrected chi connectivity index (χ2v) is 9.90. The van der Waals surface area contributed by atoms with Crippen LogP contribution in [0.2, 0.25) is 0 Å². The number of nitrogens with zero attached hydrogens (tertiary/aromatic N) is 4. The second kappa shape index (κ2) is 8.74. The Morgan fingerprint density at radius 2 is 2.22 bits per heavy atom. The van der Waals surface area contributed by atoms with Crippen molar-refractivity contribution in [2.24, 2.45) is 5.92 Å². The Morgan fingerprint density at radius 3 is 2.94 bits per heavy atom. The van der Waals surface area contributed by atoms with Crippen LogP contribution in [-0.4, -0.2) is 53.3 Å². The molecule has 4 heterocycles. The molecule has 0 spiro atoms. The molecule has 9 heteroatoms. The lowest BCUT2D eigenvalue weighted by atomic mass is 9.90. The SMILES string of the molecule is CC(=O)N1CCc2c(c(N3CC(CC(F)F)Cc4cc(Br)ccc43)nn2[C@H]2CCOC2)C1. The zero-order valence-corrected chi connectivity index (χ0v) is 19.7. The summed E-state index contributed by atoms with van der Waals surface area (Å²) in [4.78, 5) is 16.1. The average Bonchev–Trinajstić information content (AvgIpc) is 3.39. The summed E-state index contributed by atoms with van der Waals surface area (Å²) in [5.74, 6) is 0.664. The van der Waals surface area contributed by atoms with E-state index < -0.39 is 6.43 Å². The first kappa shape index (κ1) is 21.8. The highest BCUT2D eigenvalue weighted by Crippen LogP contribution is 2.42. The summed E-state index contributed by atoms with van der Waals surface area (Å²) in [6.45, 7) is 4.58. The van der Waals surface area contributed by atoms with Crippen LogP contribution in [0, 0.1) is 5.92 Å². The van der Waals surface area contributed by atoms with E-state index in [2.05, 4.69) is 25.5 Å². The maximum Gasteiger partial charge on any atom is 0.239 e. The monoisotopic (exact) mass is 508 g/mol. The van der Waals surface area contributed by atoms with E-state index in [1.54, 1.807) is 6.92 Å². The van der Waals surface area contributed by atoms with Crippen molar-refractivity contribution in [2.75, 3.05) is 31.2 Å². The number of rotatable bonds is 4. The molecule has 0 aliphatic carbocycles. The molecule has 0 saturated carbocycles. The van der Waals surface area contributed by atoms with Gasteiger partial charge in [0.15, 0.2) is 5.82 Å². The van der Waals surface area contributed by atoms with Gasteiger partial charge in [-0.3, -0.25) is 9.48 Å². The van der Waals surface area contributed by atoms with E-state index in [0.717, 1.165) is 45.6 Å². The molecule has 1 aromatic carbocycles. The van der Waals surface area contributed by atoms with E-state index in [9.17, 15) is 13.6 Å². The number of carbonyl (C=O) groups is 1. The number of hydrogen-bond acceptors (Lipinski definition) is 4. The molecule has 1 amide bonds. The lowest BCUT2D eigenvalue weighted by Crippen LogP contribution is -2.37. The first-order chi connectivity index (χ1) is 15.4. The van der Waals surface area contributed by atoms with Crippen LogP contribution < -0.4 is 4.90 Å². The third kappa shape index (κ3) is 4.05. The lowest BCUT2D eigenvalue weighted by Gasteiger charge is -2.36. The Morgan fingerprint density at radius 1 is 1.38 bits per heavy atom. The number of anilines is 2. The molecule has 2 aromatic rings. The van der Waals surface area contributed by atoms with Gasteiger partial charge in [0.2, 0.25) is 12.3 Å². The van der Waals surface area contributed by atoms with E-state index >= 15 is 0 Å². The van der Waals surface area contributed by atoms with Crippen LogP contribution in [0.25, 0.3) is 0 Å². The van der Waals surface area contributed by atoms with Crippen molar-refractivity contribution in [3.8, 4) is 0 Å². The van der Waals surface area contributed by atoms with Gasteiger partial charge in [-0.2, -0.15) is 5.10 Å². The van der Waals surface area contributed by atoms with Crippen LogP contribution in [0.1, 0.15) is 42.6 Å². The Kier molecular flexibility index (Phi) is 5.96. The number of halogens is 3. The fraction of sp³-hybridized carbons (Fsp3) is 0.565. The van der Waals surface area contributed by atoms with Gasteiger partial charge in [-0.1, -0.05) is 15.9 Å². The molecule has 5 rings (SSSR count). The van der Waals surface area contributed by atoms with E-state index in [1.807, 2.05) is 23.1 Å². The third-order valence-corrected chi connectivity index (χ3v) is 7.30. The quantitative estimate of drug-likeness (QED) is 0.610. The van der Waals surface area contributed by atoms with Gasteiger partial charge in [-0.25, -0.2) is 8.78 Å². The molecule has 2 atom stereocenters. The van der Waals surface area contributed by atoms with E-state index in [-0.39, 0.29) is 24.3 Å². The molecule has 0 bridgehead atoms.